The summed E-state index contributed by atoms with van der Waals surface area (Å²) in [6.45, 7) is 3.62. The Balaban J connectivity index is 1.93. The van der Waals surface area contributed by atoms with Crippen LogP contribution in [0.3, 0.4) is 0 Å². The Morgan fingerprint density at radius 1 is 1.14 bits per heavy atom. The highest BCUT2D eigenvalue weighted by atomic mass is 19.4. The van der Waals surface area contributed by atoms with Crippen LogP contribution in [0.1, 0.15) is 36.1 Å². The van der Waals surface area contributed by atoms with Crippen molar-refractivity contribution in [3.05, 3.63) is 71.4 Å². The number of nitrogens with one attached hydrogen (secondary N) is 2. The maximum absolute atomic E-state index is 13.0. The molecule has 0 fully saturated rings. The number of hydrogen-bond donors (Lipinski definition) is 2. The van der Waals surface area contributed by atoms with Crippen molar-refractivity contribution in [2.75, 3.05) is 5.32 Å². The summed E-state index contributed by atoms with van der Waals surface area (Å²) < 4.78 is 39.1. The van der Waals surface area contributed by atoms with Gasteiger partial charge in [0.1, 0.15) is 5.69 Å². The van der Waals surface area contributed by atoms with Crippen molar-refractivity contribution in [1.82, 2.24) is 10.2 Å². The van der Waals surface area contributed by atoms with Crippen molar-refractivity contribution in [2.24, 2.45) is 0 Å². The van der Waals surface area contributed by atoms with Gasteiger partial charge in [-0.3, -0.25) is 9.89 Å². The predicted octanol–water partition coefficient (Wildman–Crippen LogP) is 5.54. The van der Waals surface area contributed by atoms with E-state index < -0.39 is 11.7 Å². The van der Waals surface area contributed by atoms with Crippen LogP contribution in [0.25, 0.3) is 11.3 Å². The topological polar surface area (TPSA) is 57.8 Å². The van der Waals surface area contributed by atoms with Crippen molar-refractivity contribution in [3.63, 3.8) is 0 Å². The highest BCUT2D eigenvalue weighted by Gasteiger charge is 2.31. The monoisotopic (exact) mass is 387 g/mol. The molecule has 1 amide bonds. The summed E-state index contributed by atoms with van der Waals surface area (Å²) in [7, 11) is 0. The maximum Gasteiger partial charge on any atom is 0.416 e. The Hall–Kier alpha value is -3.09. The van der Waals surface area contributed by atoms with Gasteiger partial charge in [-0.1, -0.05) is 49.4 Å². The smallest absolute Gasteiger partial charge is 0.322 e. The fourth-order valence-electron chi connectivity index (χ4n) is 3.10. The Labute approximate surface area is 160 Å². The third-order valence-corrected chi connectivity index (χ3v) is 4.59. The van der Waals surface area contributed by atoms with Crippen LogP contribution in [0.15, 0.2) is 54.6 Å². The first-order chi connectivity index (χ1) is 13.3. The summed E-state index contributed by atoms with van der Waals surface area (Å²) in [5.74, 6) is -0.601. The third kappa shape index (κ3) is 4.08. The van der Waals surface area contributed by atoms with E-state index in [-0.39, 0.29) is 23.1 Å². The molecule has 0 radical (unpaired) electrons. The van der Waals surface area contributed by atoms with Gasteiger partial charge in [-0.25, -0.2) is 0 Å². The van der Waals surface area contributed by atoms with Crippen LogP contribution < -0.4 is 5.32 Å². The van der Waals surface area contributed by atoms with Gasteiger partial charge in [0.25, 0.3) is 0 Å². The molecular weight excluding hydrogens is 367 g/mol. The van der Waals surface area contributed by atoms with Gasteiger partial charge >= 0.3 is 6.18 Å². The molecule has 3 aromatic rings. The van der Waals surface area contributed by atoms with E-state index in [9.17, 15) is 18.0 Å². The molecule has 3 rings (SSSR count). The largest absolute Gasteiger partial charge is 0.416 e. The molecule has 1 unspecified atom stereocenters. The first kappa shape index (κ1) is 19.7. The molecule has 7 heteroatoms. The van der Waals surface area contributed by atoms with E-state index in [4.69, 9.17) is 0 Å². The van der Waals surface area contributed by atoms with Crippen LogP contribution in [0.2, 0.25) is 0 Å². The number of carbonyl (C=O) groups excluding carboxylic acids is 1. The molecule has 2 aromatic carbocycles. The van der Waals surface area contributed by atoms with Crippen molar-refractivity contribution in [3.8, 4) is 11.3 Å². The molecule has 28 heavy (non-hydrogen) atoms. The lowest BCUT2D eigenvalue weighted by Gasteiger charge is -2.16. The van der Waals surface area contributed by atoms with Gasteiger partial charge in [0.15, 0.2) is 0 Å². The number of halogens is 3. The van der Waals surface area contributed by atoms with E-state index in [0.717, 1.165) is 17.7 Å². The van der Waals surface area contributed by atoms with Gasteiger partial charge in [-0.15, -0.1) is 0 Å². The van der Waals surface area contributed by atoms with Gasteiger partial charge in [-0.05, 0) is 31.0 Å². The quantitative estimate of drug-likeness (QED) is 0.604. The van der Waals surface area contributed by atoms with Crippen molar-refractivity contribution in [1.29, 1.82) is 0 Å². The zero-order chi connectivity index (χ0) is 20.3. The number of amides is 1. The highest BCUT2D eigenvalue weighted by molar-refractivity contribution is 5.99. The summed E-state index contributed by atoms with van der Waals surface area (Å²) >= 11 is 0. The first-order valence-corrected chi connectivity index (χ1v) is 8.89. The lowest BCUT2D eigenvalue weighted by Crippen LogP contribution is -2.21. The summed E-state index contributed by atoms with van der Waals surface area (Å²) in [5.41, 5.74) is 1.63. The average Bonchev–Trinajstić information content (AvgIpc) is 3.03. The summed E-state index contributed by atoms with van der Waals surface area (Å²) in [5, 5.41) is 9.71. The second kappa shape index (κ2) is 7.88. The van der Waals surface area contributed by atoms with Gasteiger partial charge in [0.05, 0.1) is 22.9 Å². The van der Waals surface area contributed by atoms with Gasteiger partial charge < -0.3 is 5.32 Å². The van der Waals surface area contributed by atoms with Crippen LogP contribution in [0, 0.1) is 6.92 Å². The number of aromatic nitrogens is 2. The van der Waals surface area contributed by atoms with E-state index in [1.54, 1.807) is 6.92 Å². The molecule has 1 atom stereocenters. The van der Waals surface area contributed by atoms with Crippen LogP contribution >= 0.6 is 0 Å². The van der Waals surface area contributed by atoms with Crippen LogP contribution in [0.5, 0.6) is 0 Å². The molecule has 1 aromatic heterocycles. The van der Waals surface area contributed by atoms with E-state index >= 15 is 0 Å². The Kier molecular flexibility index (Phi) is 5.53. The summed E-state index contributed by atoms with van der Waals surface area (Å²) in [6.07, 6.45) is -3.86. The number of carbonyl (C=O) groups is 1. The number of rotatable bonds is 5. The minimum Gasteiger partial charge on any atom is -0.322 e. The fraction of sp³-hybridized carbons (Fsp3) is 0.238. The lowest BCUT2D eigenvalue weighted by molar-refractivity contribution is -0.137. The number of hydrogen-bond acceptors (Lipinski definition) is 2. The zero-order valence-corrected chi connectivity index (χ0v) is 15.5. The van der Waals surface area contributed by atoms with E-state index in [1.165, 1.54) is 12.1 Å². The van der Waals surface area contributed by atoms with Gasteiger partial charge in [0.2, 0.25) is 5.91 Å². The second-order valence-corrected chi connectivity index (χ2v) is 6.51. The third-order valence-electron chi connectivity index (χ3n) is 4.59. The van der Waals surface area contributed by atoms with E-state index in [1.807, 2.05) is 37.3 Å². The molecule has 0 aliphatic carbocycles. The molecule has 0 aliphatic heterocycles. The molecule has 1 heterocycles. The van der Waals surface area contributed by atoms with E-state index in [2.05, 4.69) is 15.5 Å². The molecule has 0 bridgehead atoms. The number of aromatic amines is 1. The second-order valence-electron chi connectivity index (χ2n) is 6.51. The molecule has 2 N–H and O–H groups in total. The van der Waals surface area contributed by atoms with Crippen molar-refractivity contribution < 1.29 is 18.0 Å². The maximum atomic E-state index is 13.0. The van der Waals surface area contributed by atoms with Crippen molar-refractivity contribution in [2.45, 2.75) is 32.4 Å². The lowest BCUT2D eigenvalue weighted by atomic mass is 9.95. The molecule has 0 saturated carbocycles. The van der Waals surface area contributed by atoms with Crippen LogP contribution in [0.4, 0.5) is 18.9 Å². The summed E-state index contributed by atoms with van der Waals surface area (Å²) in [6, 6.07) is 14.3. The Bertz CT molecular complexity index is 965. The molecule has 146 valence electrons. The van der Waals surface area contributed by atoms with Gasteiger partial charge in [0, 0.05) is 5.56 Å². The van der Waals surface area contributed by atoms with Crippen LogP contribution in [-0.2, 0) is 11.0 Å². The van der Waals surface area contributed by atoms with Crippen molar-refractivity contribution >= 4 is 11.6 Å². The van der Waals surface area contributed by atoms with E-state index in [0.29, 0.717) is 17.8 Å². The highest BCUT2D eigenvalue weighted by Crippen LogP contribution is 2.35. The minimum atomic E-state index is -4.45. The number of alkyl halides is 3. The number of aryl methyl sites for hydroxylation is 1. The summed E-state index contributed by atoms with van der Waals surface area (Å²) in [4.78, 5) is 12.9. The molecule has 4 nitrogen and oxygen atoms in total. The number of H-pyrrole nitrogens is 1. The van der Waals surface area contributed by atoms with Crippen LogP contribution in [-0.4, -0.2) is 16.1 Å². The fourth-order valence-corrected chi connectivity index (χ4v) is 3.10. The number of benzene rings is 2. The average molecular weight is 387 g/mol. The number of anilines is 1. The number of nitrogens with zero attached hydrogens (tertiary/aromatic N) is 1. The standard InChI is InChI=1S/C21H20F3N3O/c1-3-17(14-8-5-4-6-9-14)20(28)25-18-13(2)26-27-19(18)15-10-7-11-16(12-15)21(22,23)24/h4-12,17H,3H2,1-2H3,(H,25,28)(H,26,27). The minimum absolute atomic E-state index is 0.230. The zero-order valence-electron chi connectivity index (χ0n) is 15.5. The predicted molar refractivity (Wildman–Crippen MR) is 102 cm³/mol. The molecule has 0 saturated heterocycles. The molecular formula is C21H20F3N3O. The van der Waals surface area contributed by atoms with Gasteiger partial charge in [-0.2, -0.15) is 18.3 Å². The SMILES string of the molecule is CCC(C(=O)Nc1c(-c2cccc(C(F)(F)F)c2)n[nH]c1C)c1ccccc1. The Morgan fingerprint density at radius 2 is 1.86 bits per heavy atom. The normalized spacial score (nSPS) is 12.6. The molecule has 0 spiro atoms. The molecule has 0 aliphatic rings. The Morgan fingerprint density at radius 3 is 2.50 bits per heavy atom. The first-order valence-electron chi connectivity index (χ1n) is 8.89.